The van der Waals surface area contributed by atoms with Gasteiger partial charge >= 0.3 is 0 Å². The van der Waals surface area contributed by atoms with E-state index in [-0.39, 0.29) is 6.61 Å². The van der Waals surface area contributed by atoms with Crippen LogP contribution in [-0.4, -0.2) is 29.3 Å². The van der Waals surface area contributed by atoms with Gasteiger partial charge in [-0.25, -0.2) is 0 Å². The van der Waals surface area contributed by atoms with Crippen LogP contribution in [0.3, 0.4) is 0 Å². The topological polar surface area (TPSA) is 32.3 Å². The molecule has 2 unspecified atom stereocenters. The Hall–Kier alpha value is -0.510. The molecule has 0 bridgehead atoms. The van der Waals surface area contributed by atoms with E-state index in [2.05, 4.69) is 51.2 Å². The molecular weight excluding hydrogens is 242 g/mol. The third-order valence-electron chi connectivity index (χ3n) is 3.07. The molecule has 0 fully saturated rings. The molecule has 0 aromatic heterocycles. The molecule has 0 aliphatic carbocycles. The molecule has 0 saturated carbocycles. The molecule has 2 N–H and O–H groups in total. The normalized spacial score (nSPS) is 14.5. The summed E-state index contributed by atoms with van der Waals surface area (Å²) >= 11 is 1.82. The summed E-state index contributed by atoms with van der Waals surface area (Å²) in [6.07, 6.45) is 0. The summed E-state index contributed by atoms with van der Waals surface area (Å²) in [5, 5.41) is 13.0. The van der Waals surface area contributed by atoms with Crippen LogP contribution in [-0.2, 0) is 0 Å². The molecule has 0 radical (unpaired) electrons. The predicted octanol–water partition coefficient (Wildman–Crippen LogP) is 3.07. The zero-order valence-electron chi connectivity index (χ0n) is 11.9. The van der Waals surface area contributed by atoms with Crippen molar-refractivity contribution in [3.05, 3.63) is 34.9 Å². The third-order valence-corrected chi connectivity index (χ3v) is 4.31. The van der Waals surface area contributed by atoms with E-state index in [1.165, 1.54) is 16.7 Å². The van der Waals surface area contributed by atoms with Crippen molar-refractivity contribution in [3.8, 4) is 0 Å². The minimum Gasteiger partial charge on any atom is -0.395 e. The summed E-state index contributed by atoms with van der Waals surface area (Å²) in [6, 6.07) is 6.99. The van der Waals surface area contributed by atoms with Crippen LogP contribution in [0.25, 0.3) is 0 Å². The summed E-state index contributed by atoms with van der Waals surface area (Å²) in [4.78, 5) is 0. The van der Waals surface area contributed by atoms with E-state index >= 15 is 0 Å². The van der Waals surface area contributed by atoms with Gasteiger partial charge in [0.15, 0.2) is 0 Å². The lowest BCUT2D eigenvalue weighted by Gasteiger charge is -2.22. The predicted molar refractivity (Wildman–Crippen MR) is 81.3 cm³/mol. The van der Waals surface area contributed by atoms with Crippen molar-refractivity contribution in [2.45, 2.75) is 39.0 Å². The van der Waals surface area contributed by atoms with Crippen molar-refractivity contribution >= 4 is 11.8 Å². The van der Waals surface area contributed by atoms with Gasteiger partial charge in [-0.15, -0.1) is 0 Å². The van der Waals surface area contributed by atoms with E-state index in [1.54, 1.807) is 0 Å². The highest BCUT2D eigenvalue weighted by atomic mass is 32.2. The summed E-state index contributed by atoms with van der Waals surface area (Å²) in [5.74, 6) is 1.000. The standard InChI is InChI=1S/C15H25NOS/c1-5-16-15(10-18-13(4)9-17)14-8-11(2)6-7-12(14)3/h6-8,13,15-17H,5,9-10H2,1-4H3. The number of benzene rings is 1. The maximum absolute atomic E-state index is 9.11. The molecular formula is C15H25NOS. The van der Waals surface area contributed by atoms with E-state index in [1.807, 2.05) is 11.8 Å². The van der Waals surface area contributed by atoms with Gasteiger partial charge in [-0.05, 0) is 31.5 Å². The fourth-order valence-corrected chi connectivity index (χ4v) is 2.88. The number of rotatable bonds is 7. The minimum absolute atomic E-state index is 0.246. The summed E-state index contributed by atoms with van der Waals surface area (Å²) in [6.45, 7) is 9.71. The van der Waals surface area contributed by atoms with Gasteiger partial charge in [0, 0.05) is 17.0 Å². The van der Waals surface area contributed by atoms with Crippen molar-refractivity contribution < 1.29 is 5.11 Å². The van der Waals surface area contributed by atoms with Gasteiger partial charge in [0.25, 0.3) is 0 Å². The van der Waals surface area contributed by atoms with Crippen LogP contribution < -0.4 is 5.32 Å². The molecule has 2 nitrogen and oxygen atoms in total. The largest absolute Gasteiger partial charge is 0.395 e. The molecule has 0 aliphatic rings. The molecule has 102 valence electrons. The fourth-order valence-electron chi connectivity index (χ4n) is 1.95. The van der Waals surface area contributed by atoms with Crippen LogP contribution in [0, 0.1) is 13.8 Å². The van der Waals surface area contributed by atoms with E-state index in [9.17, 15) is 0 Å². The number of thioether (sulfide) groups is 1. The highest BCUT2D eigenvalue weighted by Gasteiger charge is 2.14. The first kappa shape index (κ1) is 15.5. The second kappa shape index (κ2) is 7.82. The van der Waals surface area contributed by atoms with Crippen LogP contribution in [0.1, 0.15) is 36.6 Å². The van der Waals surface area contributed by atoms with Crippen molar-refractivity contribution in [1.82, 2.24) is 5.32 Å². The average molecular weight is 267 g/mol. The van der Waals surface area contributed by atoms with Gasteiger partial charge in [-0.2, -0.15) is 11.8 Å². The molecule has 0 saturated heterocycles. The van der Waals surface area contributed by atoms with E-state index in [0.717, 1.165) is 12.3 Å². The fraction of sp³-hybridized carbons (Fsp3) is 0.600. The third kappa shape index (κ3) is 4.63. The molecule has 0 amide bonds. The zero-order chi connectivity index (χ0) is 13.5. The quantitative estimate of drug-likeness (QED) is 0.796. The van der Waals surface area contributed by atoms with E-state index < -0.39 is 0 Å². The first-order chi connectivity index (χ1) is 8.58. The zero-order valence-corrected chi connectivity index (χ0v) is 12.7. The number of hydrogen-bond acceptors (Lipinski definition) is 3. The highest BCUT2D eigenvalue weighted by Crippen LogP contribution is 2.24. The van der Waals surface area contributed by atoms with Crippen LogP contribution in [0.5, 0.6) is 0 Å². The second-order valence-electron chi connectivity index (χ2n) is 4.80. The lowest BCUT2D eigenvalue weighted by atomic mass is 10.00. The Kier molecular flexibility index (Phi) is 6.76. The Balaban J connectivity index is 2.79. The number of aliphatic hydroxyl groups excluding tert-OH is 1. The second-order valence-corrected chi connectivity index (χ2v) is 6.27. The first-order valence-corrected chi connectivity index (χ1v) is 7.66. The maximum Gasteiger partial charge on any atom is 0.0547 e. The number of aryl methyl sites for hydroxylation is 2. The molecule has 3 heteroatoms. The molecule has 0 spiro atoms. The van der Waals surface area contributed by atoms with Crippen LogP contribution in [0.15, 0.2) is 18.2 Å². The molecule has 18 heavy (non-hydrogen) atoms. The number of hydrogen-bond donors (Lipinski definition) is 2. The van der Waals surface area contributed by atoms with Gasteiger partial charge in [0.2, 0.25) is 0 Å². The monoisotopic (exact) mass is 267 g/mol. The maximum atomic E-state index is 9.11. The van der Waals surface area contributed by atoms with Gasteiger partial charge < -0.3 is 10.4 Å². The lowest BCUT2D eigenvalue weighted by Crippen LogP contribution is -2.25. The van der Waals surface area contributed by atoms with Gasteiger partial charge in [-0.1, -0.05) is 37.6 Å². The van der Waals surface area contributed by atoms with Gasteiger partial charge in [0.1, 0.15) is 0 Å². The molecule has 1 aromatic rings. The van der Waals surface area contributed by atoms with Crippen molar-refractivity contribution in [3.63, 3.8) is 0 Å². The number of nitrogens with one attached hydrogen (secondary N) is 1. The average Bonchev–Trinajstić information content (AvgIpc) is 2.37. The summed E-state index contributed by atoms with van der Waals surface area (Å²) < 4.78 is 0. The van der Waals surface area contributed by atoms with Crippen LogP contribution in [0.2, 0.25) is 0 Å². The minimum atomic E-state index is 0.246. The molecule has 0 aliphatic heterocycles. The Morgan fingerprint density at radius 1 is 1.33 bits per heavy atom. The SMILES string of the molecule is CCNC(CSC(C)CO)c1cc(C)ccc1C. The lowest BCUT2D eigenvalue weighted by molar-refractivity contribution is 0.300. The van der Waals surface area contributed by atoms with Gasteiger partial charge in [-0.3, -0.25) is 0 Å². The molecule has 2 atom stereocenters. The van der Waals surface area contributed by atoms with Crippen molar-refractivity contribution in [1.29, 1.82) is 0 Å². The number of aliphatic hydroxyl groups is 1. The van der Waals surface area contributed by atoms with E-state index in [0.29, 0.717) is 11.3 Å². The van der Waals surface area contributed by atoms with Crippen LogP contribution in [0.4, 0.5) is 0 Å². The molecule has 1 rings (SSSR count). The Morgan fingerprint density at radius 3 is 2.67 bits per heavy atom. The Labute approximate surface area is 115 Å². The van der Waals surface area contributed by atoms with Crippen LogP contribution >= 0.6 is 11.8 Å². The van der Waals surface area contributed by atoms with E-state index in [4.69, 9.17) is 5.11 Å². The smallest absolute Gasteiger partial charge is 0.0547 e. The Morgan fingerprint density at radius 2 is 2.06 bits per heavy atom. The van der Waals surface area contributed by atoms with Gasteiger partial charge in [0.05, 0.1) is 6.61 Å². The van der Waals surface area contributed by atoms with Crippen molar-refractivity contribution in [2.75, 3.05) is 18.9 Å². The highest BCUT2D eigenvalue weighted by molar-refractivity contribution is 7.99. The molecule has 0 heterocycles. The Bertz CT molecular complexity index is 368. The summed E-state index contributed by atoms with van der Waals surface area (Å²) in [7, 11) is 0. The summed E-state index contributed by atoms with van der Waals surface area (Å²) in [5.41, 5.74) is 4.03. The van der Waals surface area contributed by atoms with Crippen molar-refractivity contribution in [2.24, 2.45) is 0 Å². The molecule has 1 aromatic carbocycles. The first-order valence-electron chi connectivity index (χ1n) is 6.61.